The molecule has 2 amide bonds. The molecule has 0 fully saturated rings. The minimum absolute atomic E-state index is 0.00911. The smallest absolute Gasteiger partial charge is 0.259 e. The van der Waals surface area contributed by atoms with Crippen LogP contribution in [0.25, 0.3) is 0 Å². The Bertz CT molecular complexity index is 982. The van der Waals surface area contributed by atoms with Crippen molar-refractivity contribution in [3.05, 3.63) is 69.1 Å². The third-order valence-corrected chi connectivity index (χ3v) is 5.49. The van der Waals surface area contributed by atoms with Crippen LogP contribution in [0.5, 0.6) is 0 Å². The molecule has 1 aromatic heterocycles. The average Bonchev–Trinajstić information content (AvgIpc) is 3.08. The Labute approximate surface area is 177 Å². The summed E-state index contributed by atoms with van der Waals surface area (Å²) in [6, 6.07) is 8.08. The van der Waals surface area contributed by atoms with Gasteiger partial charge in [0.05, 0.1) is 0 Å². The molecule has 2 aromatic rings. The van der Waals surface area contributed by atoms with Crippen LogP contribution in [0, 0.1) is 5.92 Å². The number of hydrogen-bond donors (Lipinski definition) is 1. The van der Waals surface area contributed by atoms with E-state index in [1.807, 2.05) is 39.8 Å². The molecule has 6 nitrogen and oxygen atoms in total. The van der Waals surface area contributed by atoms with Gasteiger partial charge >= 0.3 is 0 Å². The predicted octanol–water partition coefficient (Wildman–Crippen LogP) is 3.05. The maximum Gasteiger partial charge on any atom is 0.259 e. The maximum atomic E-state index is 13.1. The van der Waals surface area contributed by atoms with Crippen molar-refractivity contribution in [2.75, 3.05) is 13.6 Å². The van der Waals surface area contributed by atoms with Crippen LogP contribution in [-0.4, -0.2) is 40.9 Å². The highest BCUT2D eigenvalue weighted by Gasteiger charge is 2.26. The summed E-state index contributed by atoms with van der Waals surface area (Å²) in [5.41, 5.74) is 1.99. The normalized spacial score (nSPS) is 13.6. The molecule has 30 heavy (non-hydrogen) atoms. The molecule has 160 valence electrons. The highest BCUT2D eigenvalue weighted by atomic mass is 16.2. The van der Waals surface area contributed by atoms with Gasteiger partial charge in [0, 0.05) is 38.1 Å². The molecule has 1 heterocycles. The lowest BCUT2D eigenvalue weighted by atomic mass is 10.1. The van der Waals surface area contributed by atoms with Gasteiger partial charge in [-0.15, -0.1) is 0 Å². The first kappa shape index (κ1) is 21.8. The zero-order valence-electron chi connectivity index (χ0n) is 18.4. The second kappa shape index (κ2) is 8.86. The molecular weight excluding hydrogens is 378 g/mol. The van der Waals surface area contributed by atoms with Gasteiger partial charge in [-0.3, -0.25) is 14.4 Å². The number of hydrogen-bond acceptors (Lipinski definition) is 3. The number of nitrogens with zero attached hydrogens (tertiary/aromatic N) is 2. The molecule has 1 aliphatic rings. The first-order chi connectivity index (χ1) is 14.2. The van der Waals surface area contributed by atoms with E-state index in [2.05, 4.69) is 17.4 Å². The molecule has 0 radical (unpaired) electrons. The van der Waals surface area contributed by atoms with E-state index < -0.39 is 11.3 Å². The van der Waals surface area contributed by atoms with Crippen LogP contribution in [-0.2, 0) is 12.8 Å². The summed E-state index contributed by atoms with van der Waals surface area (Å²) in [7, 11) is 1.68. The van der Waals surface area contributed by atoms with E-state index in [1.165, 1.54) is 11.1 Å². The summed E-state index contributed by atoms with van der Waals surface area (Å²) in [5, 5.41) is 3.00. The first-order valence-corrected chi connectivity index (χ1v) is 10.6. The summed E-state index contributed by atoms with van der Waals surface area (Å²) < 4.78 is 1.76. The van der Waals surface area contributed by atoms with Gasteiger partial charge in [-0.05, 0) is 43.7 Å². The Balaban J connectivity index is 1.88. The first-order valence-electron chi connectivity index (χ1n) is 10.6. The van der Waals surface area contributed by atoms with Crippen molar-refractivity contribution in [3.8, 4) is 0 Å². The molecule has 0 unspecified atom stereocenters. The van der Waals surface area contributed by atoms with Crippen LogP contribution in [0.2, 0.25) is 0 Å². The van der Waals surface area contributed by atoms with E-state index in [0.29, 0.717) is 6.54 Å². The number of aromatic nitrogens is 1. The summed E-state index contributed by atoms with van der Waals surface area (Å²) >= 11 is 0. The largest absolute Gasteiger partial charge is 0.350 e. The summed E-state index contributed by atoms with van der Waals surface area (Å²) in [4.78, 5) is 40.6. The lowest BCUT2D eigenvalue weighted by Gasteiger charge is -2.21. The molecule has 0 saturated carbocycles. The van der Waals surface area contributed by atoms with Crippen molar-refractivity contribution < 1.29 is 9.59 Å². The van der Waals surface area contributed by atoms with Crippen molar-refractivity contribution in [2.24, 2.45) is 5.92 Å². The van der Waals surface area contributed by atoms with Crippen molar-refractivity contribution in [3.63, 3.8) is 0 Å². The monoisotopic (exact) mass is 409 g/mol. The Morgan fingerprint density at radius 2 is 1.63 bits per heavy atom. The fourth-order valence-corrected chi connectivity index (χ4v) is 3.97. The Kier molecular flexibility index (Phi) is 6.44. The molecule has 6 heteroatoms. The van der Waals surface area contributed by atoms with Gasteiger partial charge in [0.1, 0.15) is 11.1 Å². The van der Waals surface area contributed by atoms with Gasteiger partial charge in [-0.25, -0.2) is 0 Å². The summed E-state index contributed by atoms with van der Waals surface area (Å²) in [5.74, 6) is -0.499. The van der Waals surface area contributed by atoms with Crippen LogP contribution < -0.4 is 10.7 Å². The second-order valence-corrected chi connectivity index (χ2v) is 8.88. The maximum absolute atomic E-state index is 13.1. The van der Waals surface area contributed by atoms with Crippen LogP contribution in [0.15, 0.2) is 41.5 Å². The second-order valence-electron chi connectivity index (χ2n) is 8.88. The van der Waals surface area contributed by atoms with E-state index >= 15 is 0 Å². The number of rotatable bonds is 6. The lowest BCUT2D eigenvalue weighted by molar-refractivity contribution is 0.0777. The quantitative estimate of drug-likeness (QED) is 0.797. The van der Waals surface area contributed by atoms with Gasteiger partial charge in [-0.1, -0.05) is 38.1 Å². The average molecular weight is 410 g/mol. The highest BCUT2D eigenvalue weighted by Crippen LogP contribution is 2.22. The van der Waals surface area contributed by atoms with Crippen LogP contribution in [0.4, 0.5) is 0 Å². The number of carbonyl (C=O) groups excluding carboxylic acids is 2. The molecular formula is C24H31N3O3. The molecule has 0 bridgehead atoms. The molecule has 3 rings (SSSR count). The Hall–Kier alpha value is -2.89. The van der Waals surface area contributed by atoms with Crippen molar-refractivity contribution in [2.45, 2.75) is 52.6 Å². The van der Waals surface area contributed by atoms with E-state index in [-0.39, 0.29) is 35.0 Å². The minimum atomic E-state index is -0.513. The topological polar surface area (TPSA) is 71.4 Å². The number of carbonyl (C=O) groups is 2. The van der Waals surface area contributed by atoms with Crippen molar-refractivity contribution >= 4 is 11.8 Å². The molecule has 1 aromatic carbocycles. The van der Waals surface area contributed by atoms with E-state index in [0.717, 1.165) is 12.8 Å². The van der Waals surface area contributed by atoms with E-state index in [4.69, 9.17) is 0 Å². The minimum Gasteiger partial charge on any atom is -0.350 e. The Morgan fingerprint density at radius 1 is 1.07 bits per heavy atom. The zero-order valence-corrected chi connectivity index (χ0v) is 18.4. The van der Waals surface area contributed by atoms with Gasteiger partial charge in [0.2, 0.25) is 5.43 Å². The summed E-state index contributed by atoms with van der Waals surface area (Å²) in [6.45, 7) is 8.47. The predicted molar refractivity (Wildman–Crippen MR) is 118 cm³/mol. The molecule has 1 N–H and O–H groups in total. The standard InChI is InChI=1S/C24H31N3O3/c1-15(2)12-26(5)24(30)21-14-27(16(3)4)13-20(22(21)28)23(29)25-19-10-17-8-6-7-9-18(17)11-19/h6-9,13-16,19H,10-12H2,1-5H3,(H,25,29). The number of nitrogens with one attached hydrogen (secondary N) is 1. The van der Waals surface area contributed by atoms with Crippen LogP contribution >= 0.6 is 0 Å². The third kappa shape index (κ3) is 4.64. The zero-order chi connectivity index (χ0) is 22.0. The number of benzene rings is 1. The fourth-order valence-electron chi connectivity index (χ4n) is 3.97. The van der Waals surface area contributed by atoms with E-state index in [9.17, 15) is 14.4 Å². The fraction of sp³-hybridized carbons (Fsp3) is 0.458. The van der Waals surface area contributed by atoms with Gasteiger partial charge < -0.3 is 14.8 Å². The Morgan fingerprint density at radius 3 is 2.17 bits per heavy atom. The number of pyridine rings is 1. The molecule has 0 spiro atoms. The summed E-state index contributed by atoms with van der Waals surface area (Å²) in [6.07, 6.45) is 4.62. The van der Waals surface area contributed by atoms with Gasteiger partial charge in [0.15, 0.2) is 0 Å². The van der Waals surface area contributed by atoms with Gasteiger partial charge in [-0.2, -0.15) is 0 Å². The number of fused-ring (bicyclic) bond motifs is 1. The lowest BCUT2D eigenvalue weighted by Crippen LogP contribution is -2.40. The number of amides is 2. The third-order valence-electron chi connectivity index (χ3n) is 5.49. The molecule has 0 saturated heterocycles. The molecule has 1 aliphatic carbocycles. The SMILES string of the molecule is CC(C)CN(C)C(=O)c1cn(C(C)C)cc(C(=O)NC2Cc3ccccc3C2)c1=O. The molecule has 0 aliphatic heterocycles. The van der Waals surface area contributed by atoms with E-state index in [1.54, 1.807) is 28.9 Å². The van der Waals surface area contributed by atoms with Crippen molar-refractivity contribution in [1.29, 1.82) is 0 Å². The van der Waals surface area contributed by atoms with Crippen LogP contribution in [0.3, 0.4) is 0 Å². The van der Waals surface area contributed by atoms with Gasteiger partial charge in [0.25, 0.3) is 11.8 Å². The highest BCUT2D eigenvalue weighted by molar-refractivity contribution is 5.99. The van der Waals surface area contributed by atoms with Crippen molar-refractivity contribution in [1.82, 2.24) is 14.8 Å². The molecule has 0 atom stereocenters. The van der Waals surface area contributed by atoms with Crippen LogP contribution in [0.1, 0.15) is 65.6 Å².